The van der Waals surface area contributed by atoms with E-state index in [4.69, 9.17) is 18.3 Å². The molecule has 0 bridgehead atoms. The van der Waals surface area contributed by atoms with E-state index < -0.39 is 28.8 Å². The maximum absolute atomic E-state index is 12.4. The van der Waals surface area contributed by atoms with Gasteiger partial charge in [0.05, 0.1) is 25.2 Å². The van der Waals surface area contributed by atoms with Crippen molar-refractivity contribution in [2.24, 2.45) is 5.92 Å². The Balaban J connectivity index is 3.23. The first-order valence-electron chi connectivity index (χ1n) is 12.0. The summed E-state index contributed by atoms with van der Waals surface area (Å²) in [5.74, 6) is -0.0913. The summed E-state index contributed by atoms with van der Waals surface area (Å²) in [6.07, 6.45) is 0.0659. The molecular weight excluding hydrogens is 440 g/mol. The minimum Gasteiger partial charge on any atom is -0.466 e. The molecule has 32 heavy (non-hydrogen) atoms. The highest BCUT2D eigenvalue weighted by Crippen LogP contribution is 2.42. The molecule has 188 valence electrons. The van der Waals surface area contributed by atoms with Gasteiger partial charge in [-0.05, 0) is 55.5 Å². The third kappa shape index (κ3) is 7.48. The second kappa shape index (κ2) is 10.8. The lowest BCUT2D eigenvalue weighted by atomic mass is 9.96. The Hall–Kier alpha value is -0.546. The smallest absolute Gasteiger partial charge is 0.308 e. The van der Waals surface area contributed by atoms with Crippen molar-refractivity contribution in [3.05, 3.63) is 0 Å². The summed E-state index contributed by atoms with van der Waals surface area (Å²) in [4.78, 5) is 24.4. The van der Waals surface area contributed by atoms with E-state index in [1.54, 1.807) is 6.92 Å². The first-order valence-corrected chi connectivity index (χ1v) is 17.8. The van der Waals surface area contributed by atoms with Crippen LogP contribution >= 0.6 is 0 Å². The Morgan fingerprint density at radius 1 is 1.03 bits per heavy atom. The maximum Gasteiger partial charge on any atom is 0.308 e. The van der Waals surface area contributed by atoms with Crippen LogP contribution in [0.1, 0.15) is 68.2 Å². The molecule has 8 heteroatoms. The first kappa shape index (κ1) is 29.5. The molecule has 0 aromatic rings. The molecule has 0 aromatic heterocycles. The third-order valence-corrected chi connectivity index (χ3v) is 16.5. The van der Waals surface area contributed by atoms with Crippen LogP contribution in [0.5, 0.6) is 0 Å². The zero-order chi connectivity index (χ0) is 25.1. The Kier molecular flexibility index (Phi) is 9.95. The lowest BCUT2D eigenvalue weighted by Crippen LogP contribution is -2.55. The average Bonchev–Trinajstić information content (AvgIpc) is 2.96. The van der Waals surface area contributed by atoms with Crippen LogP contribution in [0.4, 0.5) is 0 Å². The van der Waals surface area contributed by atoms with Crippen molar-refractivity contribution in [2.45, 2.75) is 129 Å². The maximum atomic E-state index is 12.4. The van der Waals surface area contributed by atoms with Crippen molar-refractivity contribution in [1.82, 2.24) is 0 Å². The molecule has 5 atom stereocenters. The first-order chi connectivity index (χ1) is 14.4. The molecule has 1 aliphatic rings. The van der Waals surface area contributed by atoms with E-state index in [9.17, 15) is 9.59 Å². The van der Waals surface area contributed by atoms with Crippen LogP contribution in [0.15, 0.2) is 0 Å². The highest BCUT2D eigenvalue weighted by atomic mass is 28.4. The Bertz CT molecular complexity index is 635. The molecule has 1 fully saturated rings. The van der Waals surface area contributed by atoms with E-state index in [-0.39, 0.29) is 40.6 Å². The van der Waals surface area contributed by atoms with Crippen LogP contribution in [-0.4, -0.2) is 59.9 Å². The van der Waals surface area contributed by atoms with E-state index in [0.29, 0.717) is 13.0 Å². The van der Waals surface area contributed by atoms with E-state index in [0.717, 1.165) is 6.29 Å². The standard InChI is InChI=1S/C24H48O6Si2/c1-13-27-21(26)15-18-17(2)14-19(28-18)22(30-32(11,12)24(6,7)8)20(16-25)29-31(9,10)23(3,4)5/h16-20,22H,13-15H2,1-12H3/t17-,18+,19-,20-,22+/m1/s1. The van der Waals surface area contributed by atoms with Crippen molar-refractivity contribution in [1.29, 1.82) is 0 Å². The van der Waals surface area contributed by atoms with Gasteiger partial charge in [-0.1, -0.05) is 48.5 Å². The zero-order valence-corrected chi connectivity index (χ0v) is 24.5. The van der Waals surface area contributed by atoms with Gasteiger partial charge in [-0.25, -0.2) is 0 Å². The molecule has 0 N–H and O–H groups in total. The van der Waals surface area contributed by atoms with Gasteiger partial charge < -0.3 is 23.1 Å². The van der Waals surface area contributed by atoms with Crippen molar-refractivity contribution in [2.75, 3.05) is 6.61 Å². The van der Waals surface area contributed by atoms with Crippen molar-refractivity contribution < 1.29 is 27.9 Å². The van der Waals surface area contributed by atoms with Gasteiger partial charge in [-0.3, -0.25) is 4.79 Å². The molecule has 6 nitrogen and oxygen atoms in total. The molecule has 1 rings (SSSR count). The van der Waals surface area contributed by atoms with Gasteiger partial charge in [-0.2, -0.15) is 0 Å². The summed E-state index contributed by atoms with van der Waals surface area (Å²) in [5, 5.41) is -0.0593. The van der Waals surface area contributed by atoms with Gasteiger partial charge in [0, 0.05) is 0 Å². The molecule has 1 aliphatic heterocycles. The van der Waals surface area contributed by atoms with E-state index in [2.05, 4.69) is 74.7 Å². The second-order valence-electron chi connectivity index (χ2n) is 12.3. The monoisotopic (exact) mass is 488 g/mol. The van der Waals surface area contributed by atoms with Gasteiger partial charge in [0.2, 0.25) is 0 Å². The number of ether oxygens (including phenoxy) is 2. The highest BCUT2D eigenvalue weighted by Gasteiger charge is 2.49. The molecule has 1 heterocycles. The Morgan fingerprint density at radius 3 is 1.97 bits per heavy atom. The molecule has 0 aliphatic carbocycles. The van der Waals surface area contributed by atoms with Gasteiger partial charge in [0.25, 0.3) is 0 Å². The van der Waals surface area contributed by atoms with Gasteiger partial charge >= 0.3 is 5.97 Å². The fraction of sp³-hybridized carbons (Fsp3) is 0.917. The summed E-state index contributed by atoms with van der Waals surface area (Å²) in [6, 6.07) is 0. The predicted octanol–water partition coefficient (Wildman–Crippen LogP) is 5.71. The van der Waals surface area contributed by atoms with Crippen LogP contribution in [0.3, 0.4) is 0 Å². The predicted molar refractivity (Wildman–Crippen MR) is 134 cm³/mol. The number of hydrogen-bond donors (Lipinski definition) is 0. The second-order valence-corrected chi connectivity index (χ2v) is 21.8. The summed E-state index contributed by atoms with van der Waals surface area (Å²) >= 11 is 0. The van der Waals surface area contributed by atoms with Crippen LogP contribution in [-0.2, 0) is 27.9 Å². The van der Waals surface area contributed by atoms with E-state index >= 15 is 0 Å². The average molecular weight is 489 g/mol. The molecule has 0 saturated carbocycles. The normalized spacial score (nSPS) is 24.8. The molecule has 0 amide bonds. The largest absolute Gasteiger partial charge is 0.466 e. The van der Waals surface area contributed by atoms with Crippen molar-refractivity contribution >= 4 is 28.9 Å². The quantitative estimate of drug-likeness (QED) is 0.223. The van der Waals surface area contributed by atoms with Crippen LogP contribution in [0.25, 0.3) is 0 Å². The summed E-state index contributed by atoms with van der Waals surface area (Å²) < 4.78 is 24.9. The topological polar surface area (TPSA) is 71.1 Å². The SMILES string of the molecule is CCOC(=O)C[C@@H]1O[C@@H]([C@H](O[Si](C)(C)C(C)(C)C)[C@@H](C=O)O[Si](C)(C)C(C)(C)C)C[C@H]1C. The van der Waals surface area contributed by atoms with E-state index in [1.165, 1.54) is 0 Å². The van der Waals surface area contributed by atoms with Crippen LogP contribution in [0, 0.1) is 5.92 Å². The van der Waals surface area contributed by atoms with Crippen LogP contribution < -0.4 is 0 Å². The number of rotatable bonds is 10. The lowest BCUT2D eigenvalue weighted by molar-refractivity contribution is -0.148. The Morgan fingerprint density at radius 2 is 1.53 bits per heavy atom. The molecule has 0 spiro atoms. The van der Waals surface area contributed by atoms with Crippen molar-refractivity contribution in [3.63, 3.8) is 0 Å². The van der Waals surface area contributed by atoms with Gasteiger partial charge in [0.1, 0.15) is 18.5 Å². The van der Waals surface area contributed by atoms with Gasteiger partial charge in [0.15, 0.2) is 16.6 Å². The van der Waals surface area contributed by atoms with E-state index in [1.807, 2.05) is 0 Å². The molecule has 1 saturated heterocycles. The van der Waals surface area contributed by atoms with Crippen LogP contribution in [0.2, 0.25) is 36.3 Å². The molecular formula is C24H48O6Si2. The lowest BCUT2D eigenvalue weighted by Gasteiger charge is -2.45. The third-order valence-electron chi connectivity index (χ3n) is 7.56. The Labute approximate surface area is 198 Å². The minimum atomic E-state index is -2.22. The molecule has 0 radical (unpaired) electrons. The number of hydrogen-bond acceptors (Lipinski definition) is 6. The number of carbonyl (C=O) groups excluding carboxylic acids is 2. The molecule has 0 aromatic carbocycles. The fourth-order valence-corrected chi connectivity index (χ4v) is 5.88. The number of esters is 1. The number of carbonyl (C=O) groups is 2. The summed E-state index contributed by atoms with van der Waals surface area (Å²) in [6.45, 7) is 25.9. The molecule has 0 unspecified atom stereocenters. The zero-order valence-electron chi connectivity index (χ0n) is 22.5. The van der Waals surface area contributed by atoms with Gasteiger partial charge in [-0.15, -0.1) is 0 Å². The summed E-state index contributed by atoms with van der Waals surface area (Å²) in [5.41, 5.74) is 0. The minimum absolute atomic E-state index is 0.0236. The highest BCUT2D eigenvalue weighted by molar-refractivity contribution is 6.74. The summed E-state index contributed by atoms with van der Waals surface area (Å²) in [7, 11) is -4.44. The fourth-order valence-electron chi connectivity index (χ4n) is 3.34. The van der Waals surface area contributed by atoms with Crippen molar-refractivity contribution in [3.8, 4) is 0 Å². The number of aldehydes is 1.